The summed E-state index contributed by atoms with van der Waals surface area (Å²) >= 11 is 1.46. The van der Waals surface area contributed by atoms with E-state index in [-0.39, 0.29) is 0 Å². The molecule has 76 valence electrons. The highest BCUT2D eigenvalue weighted by atomic mass is 32.1. The molecule has 1 aliphatic carbocycles. The molecule has 5 heteroatoms. The third kappa shape index (κ3) is 1.39. The fraction of sp³-hybridized carbons (Fsp3) is 0.300. The van der Waals surface area contributed by atoms with E-state index in [0.717, 1.165) is 23.5 Å². The zero-order chi connectivity index (χ0) is 10.3. The minimum absolute atomic E-state index is 0.302. The predicted octanol–water partition coefficient (Wildman–Crippen LogP) is 1.59. The average molecular weight is 218 g/mol. The van der Waals surface area contributed by atoms with E-state index in [1.807, 2.05) is 12.3 Å². The van der Waals surface area contributed by atoms with Gasteiger partial charge in [0.1, 0.15) is 5.01 Å². The van der Waals surface area contributed by atoms with E-state index in [2.05, 4.69) is 21.2 Å². The largest absolute Gasteiger partial charge is 0.374 e. The van der Waals surface area contributed by atoms with Crippen LogP contribution in [0.15, 0.2) is 18.3 Å². The van der Waals surface area contributed by atoms with Gasteiger partial charge in [-0.2, -0.15) is 0 Å². The maximum absolute atomic E-state index is 5.59. The van der Waals surface area contributed by atoms with Crippen LogP contribution in [0, 0.1) is 0 Å². The highest BCUT2D eigenvalue weighted by Crippen LogP contribution is 2.37. The van der Waals surface area contributed by atoms with Crippen molar-refractivity contribution >= 4 is 16.5 Å². The molecule has 2 aromatic heterocycles. The van der Waals surface area contributed by atoms with Crippen molar-refractivity contribution < 1.29 is 0 Å². The van der Waals surface area contributed by atoms with Crippen molar-refractivity contribution in [2.75, 3.05) is 5.73 Å². The number of rotatable bonds is 1. The molecular formula is C10H10N4S. The first kappa shape index (κ1) is 8.79. The number of nitrogen functional groups attached to an aromatic ring is 1. The second-order valence-electron chi connectivity index (χ2n) is 3.62. The molecule has 0 spiro atoms. The van der Waals surface area contributed by atoms with Crippen LogP contribution in [0.1, 0.15) is 28.6 Å². The zero-order valence-electron chi connectivity index (χ0n) is 8.05. The summed E-state index contributed by atoms with van der Waals surface area (Å²) in [5.74, 6) is 0.302. The molecule has 4 nitrogen and oxygen atoms in total. The molecule has 2 heterocycles. The Balaban J connectivity index is 2.04. The fourth-order valence-corrected chi connectivity index (χ4v) is 2.79. The molecule has 0 aromatic carbocycles. The minimum Gasteiger partial charge on any atom is -0.374 e. The molecule has 0 saturated carbocycles. The van der Waals surface area contributed by atoms with Crippen molar-refractivity contribution in [2.24, 2.45) is 0 Å². The van der Waals surface area contributed by atoms with Crippen molar-refractivity contribution in [2.45, 2.75) is 18.8 Å². The van der Waals surface area contributed by atoms with Crippen molar-refractivity contribution in [3.8, 4) is 0 Å². The molecule has 1 aliphatic rings. The smallest absolute Gasteiger partial charge is 0.203 e. The van der Waals surface area contributed by atoms with Gasteiger partial charge in [0.2, 0.25) is 5.13 Å². The highest BCUT2D eigenvalue weighted by molar-refractivity contribution is 7.15. The number of hydrogen-bond donors (Lipinski definition) is 1. The number of aryl methyl sites for hydroxylation is 1. The first-order chi connectivity index (χ1) is 7.34. The molecule has 0 radical (unpaired) electrons. The number of anilines is 1. The summed E-state index contributed by atoms with van der Waals surface area (Å²) in [6.07, 6.45) is 3.98. The van der Waals surface area contributed by atoms with Crippen LogP contribution in [0.25, 0.3) is 0 Å². The van der Waals surface area contributed by atoms with Gasteiger partial charge in [0.25, 0.3) is 0 Å². The molecule has 0 amide bonds. The second kappa shape index (κ2) is 3.27. The predicted molar refractivity (Wildman–Crippen MR) is 58.7 cm³/mol. The van der Waals surface area contributed by atoms with E-state index < -0.39 is 0 Å². The van der Waals surface area contributed by atoms with Gasteiger partial charge in [0.15, 0.2) is 0 Å². The third-order valence-electron chi connectivity index (χ3n) is 2.71. The Hall–Kier alpha value is -1.49. The maximum Gasteiger partial charge on any atom is 0.203 e. The van der Waals surface area contributed by atoms with E-state index in [1.54, 1.807) is 0 Å². The zero-order valence-corrected chi connectivity index (χ0v) is 8.87. The molecule has 2 N–H and O–H groups in total. The summed E-state index contributed by atoms with van der Waals surface area (Å²) < 4.78 is 0. The van der Waals surface area contributed by atoms with Gasteiger partial charge in [-0.25, -0.2) is 0 Å². The third-order valence-corrected chi connectivity index (χ3v) is 3.58. The van der Waals surface area contributed by atoms with Crippen LogP contribution in [0.2, 0.25) is 0 Å². The van der Waals surface area contributed by atoms with Crippen LogP contribution in [0.5, 0.6) is 0 Å². The van der Waals surface area contributed by atoms with Crippen LogP contribution in [-0.4, -0.2) is 15.2 Å². The van der Waals surface area contributed by atoms with E-state index in [9.17, 15) is 0 Å². The molecule has 1 unspecified atom stereocenters. The summed E-state index contributed by atoms with van der Waals surface area (Å²) in [7, 11) is 0. The molecule has 0 aliphatic heterocycles. The van der Waals surface area contributed by atoms with Gasteiger partial charge in [-0.05, 0) is 24.5 Å². The molecule has 3 rings (SSSR count). The Morgan fingerprint density at radius 2 is 2.33 bits per heavy atom. The summed E-state index contributed by atoms with van der Waals surface area (Å²) in [5, 5.41) is 9.48. The normalized spacial score (nSPS) is 19.1. The second-order valence-corrected chi connectivity index (χ2v) is 4.66. The molecule has 15 heavy (non-hydrogen) atoms. The van der Waals surface area contributed by atoms with E-state index in [0.29, 0.717) is 11.0 Å². The van der Waals surface area contributed by atoms with Crippen molar-refractivity contribution in [1.29, 1.82) is 0 Å². The standard InChI is InChI=1S/C10H10N4S/c11-10-14-13-9(15-10)7-4-3-6-2-1-5-12-8(6)7/h1-2,5,7H,3-4H2,(H2,11,14). The van der Waals surface area contributed by atoms with Crippen LogP contribution in [0.4, 0.5) is 5.13 Å². The lowest BCUT2D eigenvalue weighted by Gasteiger charge is -2.04. The fourth-order valence-electron chi connectivity index (χ4n) is 2.04. The molecule has 2 aromatic rings. The van der Waals surface area contributed by atoms with Crippen LogP contribution in [0.3, 0.4) is 0 Å². The number of nitrogens with two attached hydrogens (primary N) is 1. The lowest BCUT2D eigenvalue weighted by atomic mass is 10.1. The van der Waals surface area contributed by atoms with Gasteiger partial charge in [-0.15, -0.1) is 10.2 Å². The van der Waals surface area contributed by atoms with Crippen LogP contribution >= 0.6 is 11.3 Å². The lowest BCUT2D eigenvalue weighted by Crippen LogP contribution is -1.97. The Kier molecular flexibility index (Phi) is 1.92. The average Bonchev–Trinajstić information content (AvgIpc) is 2.83. The summed E-state index contributed by atoms with van der Waals surface area (Å²) in [5.41, 5.74) is 8.07. The molecule has 0 bridgehead atoms. The molecule has 1 atom stereocenters. The van der Waals surface area contributed by atoms with Gasteiger partial charge < -0.3 is 5.73 Å². The SMILES string of the molecule is Nc1nnc(C2CCc3cccnc32)s1. The minimum atomic E-state index is 0.302. The summed E-state index contributed by atoms with van der Waals surface area (Å²) in [6.45, 7) is 0. The Morgan fingerprint density at radius 1 is 1.40 bits per heavy atom. The maximum atomic E-state index is 5.59. The van der Waals surface area contributed by atoms with E-state index >= 15 is 0 Å². The summed E-state index contributed by atoms with van der Waals surface area (Å²) in [4.78, 5) is 4.42. The Bertz CT molecular complexity index is 494. The monoisotopic (exact) mass is 218 g/mol. The van der Waals surface area contributed by atoms with Crippen LogP contribution in [-0.2, 0) is 6.42 Å². The van der Waals surface area contributed by atoms with E-state index in [1.165, 1.54) is 16.9 Å². The molecule has 0 saturated heterocycles. The Morgan fingerprint density at radius 3 is 3.13 bits per heavy atom. The first-order valence-corrected chi connectivity index (χ1v) is 5.69. The Labute approximate surface area is 91.2 Å². The number of pyridine rings is 1. The van der Waals surface area contributed by atoms with Gasteiger partial charge >= 0.3 is 0 Å². The number of hydrogen-bond acceptors (Lipinski definition) is 5. The van der Waals surface area contributed by atoms with Crippen molar-refractivity contribution in [3.05, 3.63) is 34.6 Å². The first-order valence-electron chi connectivity index (χ1n) is 4.87. The quantitative estimate of drug-likeness (QED) is 0.789. The van der Waals surface area contributed by atoms with Crippen molar-refractivity contribution in [1.82, 2.24) is 15.2 Å². The molecular weight excluding hydrogens is 208 g/mol. The van der Waals surface area contributed by atoms with Crippen molar-refractivity contribution in [3.63, 3.8) is 0 Å². The van der Waals surface area contributed by atoms with Gasteiger partial charge in [-0.1, -0.05) is 17.4 Å². The number of aromatic nitrogens is 3. The van der Waals surface area contributed by atoms with Gasteiger partial charge in [0, 0.05) is 6.20 Å². The molecule has 0 fully saturated rings. The lowest BCUT2D eigenvalue weighted by molar-refractivity contribution is 0.752. The van der Waals surface area contributed by atoms with Crippen LogP contribution < -0.4 is 5.73 Å². The van der Waals surface area contributed by atoms with Gasteiger partial charge in [0.05, 0.1) is 11.6 Å². The highest BCUT2D eigenvalue weighted by Gasteiger charge is 2.27. The van der Waals surface area contributed by atoms with Gasteiger partial charge in [-0.3, -0.25) is 4.98 Å². The summed E-state index contributed by atoms with van der Waals surface area (Å²) in [6, 6.07) is 4.11. The number of nitrogens with zero attached hydrogens (tertiary/aromatic N) is 3. The van der Waals surface area contributed by atoms with E-state index in [4.69, 9.17) is 5.73 Å². The topological polar surface area (TPSA) is 64.7 Å². The number of fused-ring (bicyclic) bond motifs is 1.